The molecule has 1 atom stereocenters. The van der Waals surface area contributed by atoms with Crippen LogP contribution in [0.1, 0.15) is 6.42 Å². The van der Waals surface area contributed by atoms with Crippen LogP contribution in [0.5, 0.6) is 0 Å². The normalized spacial score (nSPS) is 25.6. The van der Waals surface area contributed by atoms with Gasteiger partial charge in [-0.3, -0.25) is 0 Å². The van der Waals surface area contributed by atoms with Crippen LogP contribution in [0, 0.1) is 5.92 Å². The fraction of sp³-hybridized carbons (Fsp3) is 0.667. The molecule has 0 bridgehead atoms. The van der Waals surface area contributed by atoms with Crippen molar-refractivity contribution in [3.63, 3.8) is 0 Å². The molecule has 0 radical (unpaired) electrons. The monoisotopic (exact) mass is 303 g/mol. The average Bonchev–Trinajstić information content (AvgIpc) is 3.00. The Morgan fingerprint density at radius 3 is 2.95 bits per heavy atom. The van der Waals surface area contributed by atoms with Gasteiger partial charge in [-0.2, -0.15) is 4.31 Å². The van der Waals surface area contributed by atoms with E-state index >= 15 is 0 Å². The highest BCUT2D eigenvalue weighted by atomic mass is 32.2. The minimum Gasteiger partial charge on any atom is -0.381 e. The number of nitrogens with zero attached hydrogens (tertiary/aromatic N) is 1. The fourth-order valence-electron chi connectivity index (χ4n) is 2.23. The van der Waals surface area contributed by atoms with Crippen molar-refractivity contribution in [1.29, 1.82) is 0 Å². The molecule has 2 fully saturated rings. The van der Waals surface area contributed by atoms with Crippen LogP contribution >= 0.6 is 11.3 Å². The van der Waals surface area contributed by atoms with Gasteiger partial charge >= 0.3 is 0 Å². The lowest BCUT2D eigenvalue weighted by Gasteiger charge is -2.37. The molecular weight excluding hydrogens is 286 g/mol. The molecule has 3 rings (SSSR count). The number of hydrogen-bond donors (Lipinski definition) is 0. The Hall–Kier alpha value is -0.470. The molecule has 1 unspecified atom stereocenters. The highest BCUT2D eigenvalue weighted by Crippen LogP contribution is 2.26. The zero-order chi connectivity index (χ0) is 13.3. The second-order valence-corrected chi connectivity index (χ2v) is 8.05. The van der Waals surface area contributed by atoms with E-state index in [1.807, 2.05) is 0 Å². The molecule has 1 aromatic heterocycles. The molecule has 0 aliphatic carbocycles. The van der Waals surface area contributed by atoms with Gasteiger partial charge in [0, 0.05) is 25.6 Å². The van der Waals surface area contributed by atoms with E-state index in [2.05, 4.69) is 0 Å². The molecule has 106 valence electrons. The maximum atomic E-state index is 12.1. The maximum absolute atomic E-state index is 12.1. The van der Waals surface area contributed by atoms with Crippen molar-refractivity contribution in [3.8, 4) is 0 Å². The average molecular weight is 303 g/mol. The Balaban J connectivity index is 1.47. The van der Waals surface area contributed by atoms with Gasteiger partial charge in [-0.15, -0.1) is 11.3 Å². The van der Waals surface area contributed by atoms with E-state index in [9.17, 15) is 8.42 Å². The van der Waals surface area contributed by atoms with E-state index < -0.39 is 10.0 Å². The van der Waals surface area contributed by atoms with Crippen LogP contribution in [0.15, 0.2) is 21.7 Å². The summed E-state index contributed by atoms with van der Waals surface area (Å²) in [5.41, 5.74) is 0. The first-order chi connectivity index (χ1) is 9.16. The van der Waals surface area contributed by atoms with Crippen LogP contribution < -0.4 is 0 Å². The largest absolute Gasteiger partial charge is 0.381 e. The summed E-state index contributed by atoms with van der Waals surface area (Å²) in [4.78, 5) is 0. The quantitative estimate of drug-likeness (QED) is 0.819. The van der Waals surface area contributed by atoms with Crippen molar-refractivity contribution in [3.05, 3.63) is 17.5 Å². The Bertz CT molecular complexity index is 502. The molecule has 0 spiro atoms. The zero-order valence-electron chi connectivity index (χ0n) is 10.5. The van der Waals surface area contributed by atoms with Gasteiger partial charge in [-0.25, -0.2) is 8.42 Å². The highest BCUT2D eigenvalue weighted by Gasteiger charge is 2.38. The zero-order valence-corrected chi connectivity index (χ0v) is 12.2. The lowest BCUT2D eigenvalue weighted by atomic mass is 10.1. The van der Waals surface area contributed by atoms with E-state index in [0.29, 0.717) is 29.8 Å². The second-order valence-electron chi connectivity index (χ2n) is 4.94. The van der Waals surface area contributed by atoms with E-state index in [-0.39, 0.29) is 6.10 Å². The standard InChI is InChI=1S/C12H17NO4S2/c14-19(15,12-2-1-5-18-12)13-6-11(7-13)17-9-10-3-4-16-8-10/h1-2,5,10-11H,3-4,6-9H2. The first-order valence-electron chi connectivity index (χ1n) is 6.39. The number of rotatable bonds is 5. The van der Waals surface area contributed by atoms with Crippen LogP contribution in [0.3, 0.4) is 0 Å². The van der Waals surface area contributed by atoms with Crippen molar-refractivity contribution < 1.29 is 17.9 Å². The van der Waals surface area contributed by atoms with Crippen molar-refractivity contribution >= 4 is 21.4 Å². The van der Waals surface area contributed by atoms with Crippen molar-refractivity contribution in [2.75, 3.05) is 32.9 Å². The molecule has 7 heteroatoms. The van der Waals surface area contributed by atoms with Crippen LogP contribution in [-0.2, 0) is 19.5 Å². The van der Waals surface area contributed by atoms with Crippen LogP contribution in [-0.4, -0.2) is 51.7 Å². The Morgan fingerprint density at radius 1 is 1.47 bits per heavy atom. The first kappa shape index (κ1) is 13.5. The molecule has 0 N–H and O–H groups in total. The van der Waals surface area contributed by atoms with Gasteiger partial charge in [0.2, 0.25) is 0 Å². The number of thiophene rings is 1. The molecule has 2 aliphatic rings. The molecule has 1 aromatic rings. The van der Waals surface area contributed by atoms with Crippen LogP contribution in [0.4, 0.5) is 0 Å². The summed E-state index contributed by atoms with van der Waals surface area (Å²) in [6.07, 6.45) is 1.08. The lowest BCUT2D eigenvalue weighted by molar-refractivity contribution is -0.0353. The molecule has 19 heavy (non-hydrogen) atoms. The van der Waals surface area contributed by atoms with Crippen LogP contribution in [0.2, 0.25) is 0 Å². The molecule has 0 amide bonds. The molecule has 0 saturated carbocycles. The number of hydrogen-bond acceptors (Lipinski definition) is 5. The third kappa shape index (κ3) is 2.85. The van der Waals surface area contributed by atoms with E-state index in [1.54, 1.807) is 17.5 Å². The summed E-state index contributed by atoms with van der Waals surface area (Å²) in [5, 5.41) is 1.78. The predicted octanol–water partition coefficient (Wildman–Crippen LogP) is 1.17. The van der Waals surface area contributed by atoms with Crippen LogP contribution in [0.25, 0.3) is 0 Å². The third-order valence-corrected chi connectivity index (χ3v) is 6.70. The summed E-state index contributed by atoms with van der Waals surface area (Å²) in [6.45, 7) is 3.20. The first-order valence-corrected chi connectivity index (χ1v) is 8.71. The molecular formula is C12H17NO4S2. The topological polar surface area (TPSA) is 55.8 Å². The van der Waals surface area contributed by atoms with E-state index in [0.717, 1.165) is 19.6 Å². The Morgan fingerprint density at radius 2 is 2.32 bits per heavy atom. The van der Waals surface area contributed by atoms with Gasteiger partial charge in [-0.05, 0) is 17.9 Å². The fourth-order valence-corrected chi connectivity index (χ4v) is 4.87. The van der Waals surface area contributed by atoms with E-state index in [4.69, 9.17) is 9.47 Å². The van der Waals surface area contributed by atoms with Crippen molar-refractivity contribution in [2.45, 2.75) is 16.7 Å². The third-order valence-electron chi connectivity index (χ3n) is 3.50. The summed E-state index contributed by atoms with van der Waals surface area (Å²) < 4.78 is 37.2. The van der Waals surface area contributed by atoms with Gasteiger partial charge in [0.15, 0.2) is 0 Å². The summed E-state index contributed by atoms with van der Waals surface area (Å²) in [6, 6.07) is 3.40. The van der Waals surface area contributed by atoms with E-state index in [1.165, 1.54) is 15.6 Å². The SMILES string of the molecule is O=S(=O)(c1cccs1)N1CC(OCC2CCOC2)C1. The van der Waals surface area contributed by atoms with Gasteiger partial charge < -0.3 is 9.47 Å². The molecule has 2 saturated heterocycles. The lowest BCUT2D eigenvalue weighted by Crippen LogP contribution is -2.54. The molecule has 2 aliphatic heterocycles. The van der Waals surface area contributed by atoms with Gasteiger partial charge in [0.1, 0.15) is 4.21 Å². The number of sulfonamides is 1. The number of ether oxygens (including phenoxy) is 2. The highest BCUT2D eigenvalue weighted by molar-refractivity contribution is 7.91. The van der Waals surface area contributed by atoms with Gasteiger partial charge in [0.05, 0.1) is 19.3 Å². The Labute approximate surface area is 117 Å². The minimum absolute atomic E-state index is 0.0373. The Kier molecular flexibility index (Phi) is 3.91. The summed E-state index contributed by atoms with van der Waals surface area (Å²) in [5.74, 6) is 0.475. The molecule has 5 nitrogen and oxygen atoms in total. The summed E-state index contributed by atoms with van der Waals surface area (Å²) in [7, 11) is -3.28. The molecule has 0 aromatic carbocycles. The maximum Gasteiger partial charge on any atom is 0.252 e. The minimum atomic E-state index is -3.28. The molecule has 3 heterocycles. The smallest absolute Gasteiger partial charge is 0.252 e. The van der Waals surface area contributed by atoms with Gasteiger partial charge in [-0.1, -0.05) is 6.07 Å². The van der Waals surface area contributed by atoms with Crippen molar-refractivity contribution in [2.24, 2.45) is 5.92 Å². The van der Waals surface area contributed by atoms with Crippen molar-refractivity contribution in [1.82, 2.24) is 4.31 Å². The van der Waals surface area contributed by atoms with Gasteiger partial charge in [0.25, 0.3) is 10.0 Å². The summed E-state index contributed by atoms with van der Waals surface area (Å²) >= 11 is 1.26. The predicted molar refractivity (Wildman–Crippen MR) is 71.7 cm³/mol. The second kappa shape index (κ2) is 5.49.